The van der Waals surface area contributed by atoms with Crippen molar-refractivity contribution < 1.29 is 4.79 Å². The van der Waals surface area contributed by atoms with E-state index in [1.165, 1.54) is 0 Å². The van der Waals surface area contributed by atoms with Crippen LogP contribution < -0.4 is 5.73 Å². The van der Waals surface area contributed by atoms with Crippen molar-refractivity contribution in [3.8, 4) is 0 Å². The Bertz CT molecular complexity index is 180. The number of carbonyl (C=O) groups excluding carboxylic acids is 1. The molecule has 2 heteroatoms. The summed E-state index contributed by atoms with van der Waals surface area (Å²) in [6.45, 7) is 5.37. The third-order valence-electron chi connectivity index (χ3n) is 2.22. The molecule has 0 spiro atoms. The van der Waals surface area contributed by atoms with Gasteiger partial charge in [-0.3, -0.25) is 4.79 Å². The van der Waals surface area contributed by atoms with E-state index in [-0.39, 0.29) is 5.78 Å². The molecule has 0 aromatic rings. The summed E-state index contributed by atoms with van der Waals surface area (Å²) in [4.78, 5) is 11.1. The largest absolute Gasteiger partial charge is 0.328 e. The minimum atomic E-state index is 0.196. The third kappa shape index (κ3) is 2.15. The van der Waals surface area contributed by atoms with Crippen LogP contribution in [0.2, 0.25) is 0 Å². The highest BCUT2D eigenvalue weighted by molar-refractivity contribution is 5.94. The molecular weight excluding hydrogens is 138 g/mol. The van der Waals surface area contributed by atoms with E-state index in [9.17, 15) is 4.79 Å². The predicted molar refractivity (Wildman–Crippen MR) is 45.1 cm³/mol. The maximum atomic E-state index is 11.1. The Morgan fingerprint density at radius 2 is 2.18 bits per heavy atom. The number of carbonyl (C=O) groups is 1. The van der Waals surface area contributed by atoms with Crippen molar-refractivity contribution in [1.82, 2.24) is 0 Å². The lowest BCUT2D eigenvalue weighted by Crippen LogP contribution is -2.37. The lowest BCUT2D eigenvalue weighted by Gasteiger charge is -2.31. The fraction of sp³-hybridized carbons (Fsp3) is 0.667. The van der Waals surface area contributed by atoms with Gasteiger partial charge in [0, 0.05) is 12.5 Å². The molecule has 1 saturated carbocycles. The molecule has 62 valence electrons. The number of nitrogens with two attached hydrogens (primary N) is 1. The highest BCUT2D eigenvalue weighted by atomic mass is 16.1. The van der Waals surface area contributed by atoms with Gasteiger partial charge in [0.25, 0.3) is 0 Å². The summed E-state index contributed by atoms with van der Waals surface area (Å²) in [7, 11) is 0. The Kier molecular flexibility index (Phi) is 2.45. The summed E-state index contributed by atoms with van der Waals surface area (Å²) >= 11 is 0. The first-order valence-corrected chi connectivity index (χ1v) is 4.04. The molecule has 1 rings (SSSR count). The quantitative estimate of drug-likeness (QED) is 0.620. The molecular formula is C9H15NO. The maximum absolute atomic E-state index is 11.1. The van der Waals surface area contributed by atoms with Gasteiger partial charge in [-0.2, -0.15) is 0 Å². The Morgan fingerprint density at radius 1 is 1.64 bits per heavy atom. The van der Waals surface area contributed by atoms with Crippen LogP contribution in [0.3, 0.4) is 0 Å². The van der Waals surface area contributed by atoms with Crippen LogP contribution in [0.25, 0.3) is 0 Å². The van der Waals surface area contributed by atoms with Crippen LogP contribution in [0.5, 0.6) is 0 Å². The number of ketones is 1. The van der Waals surface area contributed by atoms with E-state index in [1.807, 2.05) is 0 Å². The first kappa shape index (κ1) is 8.47. The van der Waals surface area contributed by atoms with E-state index in [0.29, 0.717) is 24.0 Å². The zero-order valence-electron chi connectivity index (χ0n) is 6.97. The number of allylic oxidation sites excluding steroid dienone is 1. The van der Waals surface area contributed by atoms with Gasteiger partial charge in [0.2, 0.25) is 0 Å². The van der Waals surface area contributed by atoms with Gasteiger partial charge in [-0.15, -0.1) is 0 Å². The van der Waals surface area contributed by atoms with E-state index in [0.717, 1.165) is 12.8 Å². The molecule has 0 amide bonds. The topological polar surface area (TPSA) is 43.1 Å². The molecule has 1 fully saturated rings. The van der Waals surface area contributed by atoms with Crippen LogP contribution in [0.1, 0.15) is 26.2 Å². The highest BCUT2D eigenvalue weighted by Gasteiger charge is 2.27. The second-order valence-corrected chi connectivity index (χ2v) is 3.51. The Balaban J connectivity index is 2.22. The molecule has 0 atom stereocenters. The minimum absolute atomic E-state index is 0.196. The van der Waals surface area contributed by atoms with Gasteiger partial charge in [0.05, 0.1) is 0 Å². The van der Waals surface area contributed by atoms with Crippen molar-refractivity contribution in [2.24, 2.45) is 11.7 Å². The Hall–Kier alpha value is -0.630. The molecule has 11 heavy (non-hydrogen) atoms. The van der Waals surface area contributed by atoms with Crippen molar-refractivity contribution in [3.63, 3.8) is 0 Å². The highest BCUT2D eigenvalue weighted by Crippen LogP contribution is 2.29. The van der Waals surface area contributed by atoms with Gasteiger partial charge in [0.1, 0.15) is 0 Å². The van der Waals surface area contributed by atoms with Gasteiger partial charge in [-0.25, -0.2) is 0 Å². The maximum Gasteiger partial charge on any atom is 0.158 e. The second-order valence-electron chi connectivity index (χ2n) is 3.51. The van der Waals surface area contributed by atoms with E-state index in [1.54, 1.807) is 6.92 Å². The SMILES string of the molecule is C=C(C)C(=O)CC1CC(N)C1. The smallest absolute Gasteiger partial charge is 0.158 e. The van der Waals surface area contributed by atoms with Crippen LogP contribution >= 0.6 is 0 Å². The standard InChI is InChI=1S/C9H15NO/c1-6(2)9(11)5-7-3-8(10)4-7/h7-8H,1,3-5,10H2,2H3. The predicted octanol–water partition coefficient (Wildman–Crippen LogP) is 1.26. The minimum Gasteiger partial charge on any atom is -0.328 e. The zero-order chi connectivity index (χ0) is 8.43. The molecule has 2 N–H and O–H groups in total. The molecule has 1 aliphatic rings. The van der Waals surface area contributed by atoms with Crippen LogP contribution in [0.4, 0.5) is 0 Å². The lowest BCUT2D eigenvalue weighted by atomic mass is 9.77. The molecule has 0 bridgehead atoms. The first-order valence-electron chi connectivity index (χ1n) is 4.04. The van der Waals surface area contributed by atoms with Crippen molar-refractivity contribution in [2.45, 2.75) is 32.2 Å². The van der Waals surface area contributed by atoms with Crippen molar-refractivity contribution in [3.05, 3.63) is 12.2 Å². The summed E-state index contributed by atoms with van der Waals surface area (Å²) in [5.74, 6) is 0.732. The van der Waals surface area contributed by atoms with Crippen molar-refractivity contribution >= 4 is 5.78 Å². The fourth-order valence-electron chi connectivity index (χ4n) is 1.39. The van der Waals surface area contributed by atoms with Crippen molar-refractivity contribution in [1.29, 1.82) is 0 Å². The van der Waals surface area contributed by atoms with Crippen LogP contribution in [-0.4, -0.2) is 11.8 Å². The lowest BCUT2D eigenvalue weighted by molar-refractivity contribution is -0.117. The monoisotopic (exact) mass is 153 g/mol. The molecule has 0 aromatic heterocycles. The average molecular weight is 153 g/mol. The van der Waals surface area contributed by atoms with E-state index in [2.05, 4.69) is 6.58 Å². The molecule has 0 aliphatic heterocycles. The summed E-state index contributed by atoms with van der Waals surface area (Å²) in [6, 6.07) is 0.345. The van der Waals surface area contributed by atoms with E-state index < -0.39 is 0 Å². The van der Waals surface area contributed by atoms with E-state index in [4.69, 9.17) is 5.73 Å². The van der Waals surface area contributed by atoms with Gasteiger partial charge in [-0.1, -0.05) is 6.58 Å². The normalized spacial score (nSPS) is 29.3. The average Bonchev–Trinajstić information content (AvgIpc) is 1.84. The zero-order valence-corrected chi connectivity index (χ0v) is 6.97. The summed E-state index contributed by atoms with van der Waals surface area (Å²) in [5.41, 5.74) is 6.26. The fourth-order valence-corrected chi connectivity index (χ4v) is 1.39. The molecule has 1 aliphatic carbocycles. The van der Waals surface area contributed by atoms with Crippen LogP contribution in [-0.2, 0) is 4.79 Å². The number of hydrogen-bond donors (Lipinski definition) is 1. The van der Waals surface area contributed by atoms with Gasteiger partial charge in [0.15, 0.2) is 5.78 Å². The number of Topliss-reactive ketones (excluding diaryl/α,β-unsaturated/α-hetero) is 1. The molecule has 0 heterocycles. The van der Waals surface area contributed by atoms with Crippen molar-refractivity contribution in [2.75, 3.05) is 0 Å². The molecule has 0 unspecified atom stereocenters. The number of rotatable bonds is 3. The van der Waals surface area contributed by atoms with Crippen LogP contribution in [0.15, 0.2) is 12.2 Å². The molecule has 0 saturated heterocycles. The van der Waals surface area contributed by atoms with Gasteiger partial charge >= 0.3 is 0 Å². The third-order valence-corrected chi connectivity index (χ3v) is 2.22. The first-order chi connectivity index (χ1) is 5.09. The molecule has 0 aromatic carbocycles. The Morgan fingerprint density at radius 3 is 2.55 bits per heavy atom. The van der Waals surface area contributed by atoms with E-state index >= 15 is 0 Å². The molecule has 2 nitrogen and oxygen atoms in total. The summed E-state index contributed by atoms with van der Waals surface area (Å²) < 4.78 is 0. The van der Waals surface area contributed by atoms with Crippen LogP contribution in [0, 0.1) is 5.92 Å². The van der Waals surface area contributed by atoms with Gasteiger partial charge < -0.3 is 5.73 Å². The Labute approximate surface area is 67.5 Å². The second kappa shape index (κ2) is 3.18. The summed E-state index contributed by atoms with van der Waals surface area (Å²) in [5, 5.41) is 0. The molecule has 0 radical (unpaired) electrons. The summed E-state index contributed by atoms with van der Waals surface area (Å²) in [6.07, 6.45) is 2.68. The van der Waals surface area contributed by atoms with Gasteiger partial charge in [-0.05, 0) is 31.3 Å². The number of hydrogen-bond acceptors (Lipinski definition) is 2.